The van der Waals surface area contributed by atoms with Crippen molar-refractivity contribution in [2.45, 2.75) is 6.61 Å². The molecule has 2 N–H and O–H groups in total. The first-order valence-electron chi connectivity index (χ1n) is 2.73. The average molecular weight is 127 g/mol. The van der Waals surface area contributed by atoms with Crippen molar-refractivity contribution in [2.24, 2.45) is 5.73 Å². The molecule has 0 fully saturated rings. The van der Waals surface area contributed by atoms with E-state index in [4.69, 9.17) is 14.9 Å². The molecule has 0 radical (unpaired) electrons. The van der Waals surface area contributed by atoms with Crippen LogP contribution in [-0.2, 0) is 11.3 Å². The summed E-state index contributed by atoms with van der Waals surface area (Å²) >= 11 is 0. The Hall–Kier alpha value is -0.800. The summed E-state index contributed by atoms with van der Waals surface area (Å²) in [6, 6.07) is 3.66. The maximum atomic E-state index is 5.08. The van der Waals surface area contributed by atoms with E-state index >= 15 is 0 Å². The third-order valence-electron chi connectivity index (χ3n) is 0.942. The van der Waals surface area contributed by atoms with E-state index in [1.165, 1.54) is 0 Å². The molecule has 3 heteroatoms. The van der Waals surface area contributed by atoms with E-state index in [0.29, 0.717) is 6.61 Å². The van der Waals surface area contributed by atoms with Crippen molar-refractivity contribution in [1.82, 2.24) is 0 Å². The largest absolute Gasteiger partial charge is 0.467 e. The van der Waals surface area contributed by atoms with E-state index in [0.717, 1.165) is 5.76 Å². The summed E-state index contributed by atoms with van der Waals surface area (Å²) in [7, 11) is 0. The minimum absolute atomic E-state index is 0.237. The van der Waals surface area contributed by atoms with Gasteiger partial charge in [-0.1, -0.05) is 0 Å². The van der Waals surface area contributed by atoms with Crippen LogP contribution in [0.1, 0.15) is 5.76 Å². The van der Waals surface area contributed by atoms with Gasteiger partial charge in [0.25, 0.3) is 0 Å². The van der Waals surface area contributed by atoms with Crippen LogP contribution in [0.3, 0.4) is 0 Å². The number of furan rings is 1. The molecule has 50 valence electrons. The minimum atomic E-state index is 0.237. The predicted molar refractivity (Wildman–Crippen MR) is 32.6 cm³/mol. The summed E-state index contributed by atoms with van der Waals surface area (Å²) in [5.74, 6) is 0.806. The summed E-state index contributed by atoms with van der Waals surface area (Å²) in [6.45, 7) is 0.699. The molecule has 0 atom stereocenters. The van der Waals surface area contributed by atoms with Crippen LogP contribution in [0.5, 0.6) is 0 Å². The Morgan fingerprint density at radius 3 is 3.11 bits per heavy atom. The second kappa shape index (κ2) is 3.27. The van der Waals surface area contributed by atoms with Gasteiger partial charge < -0.3 is 14.9 Å². The monoisotopic (exact) mass is 127 g/mol. The third kappa shape index (κ3) is 1.87. The van der Waals surface area contributed by atoms with Gasteiger partial charge in [-0.05, 0) is 12.1 Å². The molecule has 1 rings (SSSR count). The maximum absolute atomic E-state index is 5.08. The standard InChI is InChI=1S/C6H9NO2/c7-5-8-4-6-2-1-3-9-6/h1-3H,4-5,7H2. The summed E-state index contributed by atoms with van der Waals surface area (Å²) < 4.78 is 9.82. The molecular formula is C6H9NO2. The molecule has 0 saturated carbocycles. The van der Waals surface area contributed by atoms with Crippen LogP contribution >= 0.6 is 0 Å². The van der Waals surface area contributed by atoms with Crippen molar-refractivity contribution in [3.8, 4) is 0 Å². The Bertz CT molecular complexity index is 148. The normalized spacial score (nSPS) is 9.89. The fourth-order valence-electron chi connectivity index (χ4n) is 0.554. The molecule has 3 nitrogen and oxygen atoms in total. The number of nitrogens with two attached hydrogens (primary N) is 1. The van der Waals surface area contributed by atoms with Gasteiger partial charge in [0.2, 0.25) is 0 Å². The highest BCUT2D eigenvalue weighted by Crippen LogP contribution is 1.99. The lowest BCUT2D eigenvalue weighted by Gasteiger charge is -1.93. The molecule has 0 amide bonds. The Morgan fingerprint density at radius 2 is 2.56 bits per heavy atom. The second-order valence-electron chi connectivity index (χ2n) is 1.59. The number of hydrogen-bond donors (Lipinski definition) is 1. The highest BCUT2D eigenvalue weighted by molar-refractivity contribution is 4.95. The fourth-order valence-corrected chi connectivity index (χ4v) is 0.554. The number of rotatable bonds is 3. The summed E-state index contributed by atoms with van der Waals surface area (Å²) in [5.41, 5.74) is 5.08. The van der Waals surface area contributed by atoms with Crippen LogP contribution < -0.4 is 5.73 Å². The molecule has 0 bridgehead atoms. The van der Waals surface area contributed by atoms with Crippen molar-refractivity contribution in [2.75, 3.05) is 6.73 Å². The zero-order chi connectivity index (χ0) is 6.53. The molecule has 0 aromatic carbocycles. The quantitative estimate of drug-likeness (QED) is 0.608. The molecule has 1 heterocycles. The average Bonchev–Trinajstić information content (AvgIpc) is 2.34. The van der Waals surface area contributed by atoms with Crippen LogP contribution in [0.15, 0.2) is 22.8 Å². The van der Waals surface area contributed by atoms with Crippen LogP contribution in [0, 0.1) is 0 Å². The first-order chi connectivity index (χ1) is 4.43. The molecule has 0 aliphatic heterocycles. The SMILES string of the molecule is NCOCc1ccco1. The van der Waals surface area contributed by atoms with Crippen molar-refractivity contribution in [3.63, 3.8) is 0 Å². The van der Waals surface area contributed by atoms with Crippen LogP contribution in [0.2, 0.25) is 0 Å². The van der Waals surface area contributed by atoms with Crippen LogP contribution in [0.25, 0.3) is 0 Å². The number of ether oxygens (including phenoxy) is 1. The van der Waals surface area contributed by atoms with Gasteiger partial charge in [0.15, 0.2) is 0 Å². The van der Waals surface area contributed by atoms with Gasteiger partial charge in [-0.15, -0.1) is 0 Å². The van der Waals surface area contributed by atoms with Gasteiger partial charge in [0, 0.05) is 0 Å². The van der Waals surface area contributed by atoms with E-state index in [1.807, 2.05) is 12.1 Å². The highest BCUT2D eigenvalue weighted by Gasteiger charge is 1.91. The lowest BCUT2D eigenvalue weighted by atomic mass is 10.5. The van der Waals surface area contributed by atoms with Crippen molar-refractivity contribution in [3.05, 3.63) is 24.2 Å². The molecule has 0 unspecified atom stereocenters. The van der Waals surface area contributed by atoms with Gasteiger partial charge in [-0.3, -0.25) is 0 Å². The van der Waals surface area contributed by atoms with Gasteiger partial charge >= 0.3 is 0 Å². The highest BCUT2D eigenvalue weighted by atomic mass is 16.5. The lowest BCUT2D eigenvalue weighted by molar-refractivity contribution is 0.112. The minimum Gasteiger partial charge on any atom is -0.467 e. The van der Waals surface area contributed by atoms with E-state index in [2.05, 4.69) is 0 Å². The van der Waals surface area contributed by atoms with E-state index in [-0.39, 0.29) is 6.73 Å². The first-order valence-corrected chi connectivity index (χ1v) is 2.73. The summed E-state index contributed by atoms with van der Waals surface area (Å²) in [5, 5.41) is 0. The first kappa shape index (κ1) is 6.32. The molecule has 1 aromatic heterocycles. The van der Waals surface area contributed by atoms with Gasteiger partial charge in [-0.25, -0.2) is 0 Å². The maximum Gasteiger partial charge on any atom is 0.129 e. The molecular weight excluding hydrogens is 118 g/mol. The van der Waals surface area contributed by atoms with Gasteiger partial charge in [0.05, 0.1) is 13.0 Å². The Labute approximate surface area is 53.4 Å². The van der Waals surface area contributed by atoms with E-state index in [9.17, 15) is 0 Å². The summed E-state index contributed by atoms with van der Waals surface area (Å²) in [6.07, 6.45) is 1.61. The molecule has 0 spiro atoms. The summed E-state index contributed by atoms with van der Waals surface area (Å²) in [4.78, 5) is 0. The fraction of sp³-hybridized carbons (Fsp3) is 0.333. The van der Waals surface area contributed by atoms with Crippen molar-refractivity contribution >= 4 is 0 Å². The lowest BCUT2D eigenvalue weighted by Crippen LogP contribution is -2.03. The van der Waals surface area contributed by atoms with E-state index in [1.54, 1.807) is 6.26 Å². The Balaban J connectivity index is 2.30. The number of hydrogen-bond acceptors (Lipinski definition) is 3. The molecule has 0 aliphatic carbocycles. The van der Waals surface area contributed by atoms with E-state index < -0.39 is 0 Å². The topological polar surface area (TPSA) is 48.4 Å². The zero-order valence-corrected chi connectivity index (χ0v) is 5.04. The smallest absolute Gasteiger partial charge is 0.129 e. The van der Waals surface area contributed by atoms with Crippen molar-refractivity contribution < 1.29 is 9.15 Å². The third-order valence-corrected chi connectivity index (χ3v) is 0.942. The van der Waals surface area contributed by atoms with Crippen LogP contribution in [0.4, 0.5) is 0 Å². The molecule has 1 aromatic rings. The van der Waals surface area contributed by atoms with Gasteiger partial charge in [0.1, 0.15) is 12.4 Å². The Kier molecular flexibility index (Phi) is 2.30. The predicted octanol–water partition coefficient (Wildman–Crippen LogP) is 0.712. The van der Waals surface area contributed by atoms with Crippen molar-refractivity contribution in [1.29, 1.82) is 0 Å². The van der Waals surface area contributed by atoms with Crippen LogP contribution in [-0.4, -0.2) is 6.73 Å². The second-order valence-corrected chi connectivity index (χ2v) is 1.59. The molecule has 9 heavy (non-hydrogen) atoms. The van der Waals surface area contributed by atoms with Gasteiger partial charge in [-0.2, -0.15) is 0 Å². The zero-order valence-electron chi connectivity index (χ0n) is 5.04. The molecule has 0 aliphatic rings. The Morgan fingerprint density at radius 1 is 1.67 bits per heavy atom. The molecule has 0 saturated heterocycles.